The van der Waals surface area contributed by atoms with E-state index in [4.69, 9.17) is 11.6 Å². The van der Waals surface area contributed by atoms with Gasteiger partial charge in [0, 0.05) is 23.7 Å². The predicted octanol–water partition coefficient (Wildman–Crippen LogP) is 3.74. The summed E-state index contributed by atoms with van der Waals surface area (Å²) in [5, 5.41) is 3.20. The molecule has 0 heterocycles. The first-order chi connectivity index (χ1) is 15.8. The van der Waals surface area contributed by atoms with Crippen molar-refractivity contribution in [2.24, 2.45) is 5.92 Å². The number of benzene rings is 2. The number of anilines is 1. The van der Waals surface area contributed by atoms with Crippen LogP contribution in [0.5, 0.6) is 0 Å². The number of amides is 2. The molecule has 0 saturated carbocycles. The third-order valence-electron chi connectivity index (χ3n) is 5.26. The van der Waals surface area contributed by atoms with E-state index in [9.17, 15) is 22.4 Å². The molecule has 186 valence electrons. The van der Waals surface area contributed by atoms with Crippen LogP contribution in [0.25, 0.3) is 0 Å². The smallest absolute Gasteiger partial charge is 0.244 e. The van der Waals surface area contributed by atoms with Gasteiger partial charge in [0.1, 0.15) is 18.4 Å². The molecule has 0 aromatic heterocycles. The van der Waals surface area contributed by atoms with Gasteiger partial charge in [-0.2, -0.15) is 0 Å². The Labute approximate surface area is 205 Å². The van der Waals surface area contributed by atoms with Gasteiger partial charge in [0.05, 0.1) is 11.9 Å². The highest BCUT2D eigenvalue weighted by Gasteiger charge is 2.31. The van der Waals surface area contributed by atoms with Gasteiger partial charge in [0.2, 0.25) is 21.8 Å². The highest BCUT2D eigenvalue weighted by atomic mass is 35.5. The van der Waals surface area contributed by atoms with Crippen LogP contribution < -0.4 is 9.62 Å². The molecule has 0 radical (unpaired) electrons. The molecule has 0 fully saturated rings. The maximum Gasteiger partial charge on any atom is 0.244 e. The molecule has 2 amide bonds. The third-order valence-corrected chi connectivity index (χ3v) is 6.62. The van der Waals surface area contributed by atoms with Crippen molar-refractivity contribution in [3.8, 4) is 0 Å². The van der Waals surface area contributed by atoms with Crippen LogP contribution in [0.4, 0.5) is 10.1 Å². The second kappa shape index (κ2) is 11.7. The first kappa shape index (κ1) is 27.6. The lowest BCUT2D eigenvalue weighted by Gasteiger charge is -2.32. The van der Waals surface area contributed by atoms with Gasteiger partial charge in [-0.3, -0.25) is 13.9 Å². The summed E-state index contributed by atoms with van der Waals surface area (Å²) in [5.41, 5.74) is 1.07. The lowest BCUT2D eigenvalue weighted by molar-refractivity contribution is -0.139. The maximum atomic E-state index is 14.4. The molecule has 0 bridgehead atoms. The van der Waals surface area contributed by atoms with Crippen LogP contribution >= 0.6 is 11.6 Å². The fraction of sp³-hybridized carbons (Fsp3) is 0.417. The zero-order valence-electron chi connectivity index (χ0n) is 20.0. The number of carbonyl (C=O) groups is 2. The third kappa shape index (κ3) is 7.43. The Kier molecular flexibility index (Phi) is 9.46. The van der Waals surface area contributed by atoms with Gasteiger partial charge in [-0.1, -0.05) is 43.6 Å². The van der Waals surface area contributed by atoms with Crippen LogP contribution in [0.3, 0.4) is 0 Å². The lowest BCUT2D eigenvalue weighted by atomic mass is 10.1. The first-order valence-corrected chi connectivity index (χ1v) is 13.1. The number of sulfonamides is 1. The summed E-state index contributed by atoms with van der Waals surface area (Å²) in [5.74, 6) is -1.38. The van der Waals surface area contributed by atoms with E-state index in [1.165, 1.54) is 42.2 Å². The van der Waals surface area contributed by atoms with E-state index in [2.05, 4.69) is 5.32 Å². The fourth-order valence-corrected chi connectivity index (χ4v) is 4.47. The molecule has 2 rings (SSSR count). The van der Waals surface area contributed by atoms with Crippen LogP contribution in [-0.2, 0) is 26.2 Å². The van der Waals surface area contributed by atoms with Crippen molar-refractivity contribution in [1.82, 2.24) is 10.2 Å². The number of nitrogens with one attached hydrogen (secondary N) is 1. The molecule has 2 aromatic rings. The van der Waals surface area contributed by atoms with Crippen LogP contribution in [0.2, 0.25) is 5.02 Å². The molecule has 34 heavy (non-hydrogen) atoms. The van der Waals surface area contributed by atoms with Crippen molar-refractivity contribution in [3.05, 3.63) is 64.4 Å². The molecule has 2 aromatic carbocycles. The minimum Gasteiger partial charge on any atom is -0.354 e. The summed E-state index contributed by atoms with van der Waals surface area (Å²) in [6, 6.07) is 9.63. The predicted molar refractivity (Wildman–Crippen MR) is 133 cm³/mol. The summed E-state index contributed by atoms with van der Waals surface area (Å²) >= 11 is 6.00. The second-order valence-electron chi connectivity index (χ2n) is 8.63. The van der Waals surface area contributed by atoms with Crippen molar-refractivity contribution >= 4 is 39.1 Å². The minimum atomic E-state index is -3.86. The highest BCUT2D eigenvalue weighted by molar-refractivity contribution is 7.92. The Morgan fingerprint density at radius 2 is 1.76 bits per heavy atom. The van der Waals surface area contributed by atoms with E-state index < -0.39 is 40.2 Å². The van der Waals surface area contributed by atoms with Gasteiger partial charge < -0.3 is 10.2 Å². The number of rotatable bonds is 10. The summed E-state index contributed by atoms with van der Waals surface area (Å²) < 4.78 is 40.6. The molecule has 0 aliphatic rings. The second-order valence-corrected chi connectivity index (χ2v) is 11.0. The highest BCUT2D eigenvalue weighted by Crippen LogP contribution is 2.26. The number of carbonyl (C=O) groups excluding carboxylic acids is 2. The van der Waals surface area contributed by atoms with Gasteiger partial charge in [-0.25, -0.2) is 12.8 Å². The van der Waals surface area contributed by atoms with Crippen LogP contribution in [0, 0.1) is 18.7 Å². The molecule has 0 unspecified atom stereocenters. The lowest BCUT2D eigenvalue weighted by Crippen LogP contribution is -2.51. The number of aryl methyl sites for hydroxylation is 1. The Morgan fingerprint density at radius 1 is 1.12 bits per heavy atom. The Morgan fingerprint density at radius 3 is 2.32 bits per heavy atom. The van der Waals surface area contributed by atoms with E-state index in [0.717, 1.165) is 10.6 Å². The van der Waals surface area contributed by atoms with Crippen molar-refractivity contribution in [2.75, 3.05) is 23.7 Å². The Hall–Kier alpha value is -2.65. The summed E-state index contributed by atoms with van der Waals surface area (Å²) in [6.45, 7) is 6.74. The summed E-state index contributed by atoms with van der Waals surface area (Å²) in [6.07, 6.45) is 0.994. The molecule has 10 heteroatoms. The summed E-state index contributed by atoms with van der Waals surface area (Å²) in [7, 11) is -3.86. The molecule has 0 aliphatic carbocycles. The van der Waals surface area contributed by atoms with Crippen molar-refractivity contribution in [3.63, 3.8) is 0 Å². The minimum absolute atomic E-state index is 0.195. The zero-order valence-corrected chi connectivity index (χ0v) is 21.6. The molecular weight excluding hydrogens is 481 g/mol. The molecule has 0 saturated heterocycles. The fourth-order valence-electron chi connectivity index (χ4n) is 3.34. The molecule has 0 spiro atoms. The van der Waals surface area contributed by atoms with Gasteiger partial charge in [-0.05, 0) is 49.6 Å². The van der Waals surface area contributed by atoms with Crippen LogP contribution in [0.1, 0.15) is 31.9 Å². The summed E-state index contributed by atoms with van der Waals surface area (Å²) in [4.78, 5) is 27.4. The number of hydrogen-bond donors (Lipinski definition) is 1. The van der Waals surface area contributed by atoms with E-state index >= 15 is 0 Å². The van der Waals surface area contributed by atoms with E-state index in [-0.39, 0.29) is 18.0 Å². The van der Waals surface area contributed by atoms with E-state index in [0.29, 0.717) is 22.8 Å². The average molecular weight is 512 g/mol. The monoisotopic (exact) mass is 511 g/mol. The first-order valence-electron chi connectivity index (χ1n) is 10.9. The number of nitrogens with zero attached hydrogens (tertiary/aromatic N) is 2. The van der Waals surface area contributed by atoms with Crippen LogP contribution in [-0.4, -0.2) is 50.5 Å². The molecular formula is C24H31ClFN3O4S. The van der Waals surface area contributed by atoms with Gasteiger partial charge >= 0.3 is 0 Å². The van der Waals surface area contributed by atoms with E-state index in [1.54, 1.807) is 19.1 Å². The molecule has 0 aliphatic heterocycles. The quantitative estimate of drug-likeness (QED) is 0.526. The largest absolute Gasteiger partial charge is 0.354 e. The standard InChI is InChI=1S/C24H31ClFN3O4S/c1-16(2)13-27-24(31)18(4)28(14-19-8-6-7-9-21(19)26)23(30)15-29(34(5,32)33)22-11-10-20(25)12-17(22)3/h6-12,16,18H,13-15H2,1-5H3,(H,27,31)/t18-/m1/s1. The molecule has 1 N–H and O–H groups in total. The van der Waals surface area contributed by atoms with Gasteiger partial charge in [0.25, 0.3) is 0 Å². The van der Waals surface area contributed by atoms with E-state index in [1.807, 2.05) is 13.8 Å². The normalized spacial score (nSPS) is 12.4. The van der Waals surface area contributed by atoms with Crippen molar-refractivity contribution in [1.29, 1.82) is 0 Å². The topological polar surface area (TPSA) is 86.8 Å². The Bertz CT molecular complexity index is 1140. The Balaban J connectivity index is 2.41. The maximum absolute atomic E-state index is 14.4. The van der Waals surface area contributed by atoms with Crippen molar-refractivity contribution < 1.29 is 22.4 Å². The molecule has 1 atom stereocenters. The SMILES string of the molecule is Cc1cc(Cl)ccc1N(CC(=O)N(Cc1ccccc1F)[C@H](C)C(=O)NCC(C)C)S(C)(=O)=O. The zero-order chi connectivity index (χ0) is 25.6. The van der Waals surface area contributed by atoms with Crippen molar-refractivity contribution in [2.45, 2.75) is 40.3 Å². The van der Waals surface area contributed by atoms with Crippen LogP contribution in [0.15, 0.2) is 42.5 Å². The molecule has 7 nitrogen and oxygen atoms in total. The average Bonchev–Trinajstić information content (AvgIpc) is 2.74. The number of halogens is 2. The number of hydrogen-bond acceptors (Lipinski definition) is 4. The van der Waals surface area contributed by atoms with Gasteiger partial charge in [-0.15, -0.1) is 0 Å². The van der Waals surface area contributed by atoms with Gasteiger partial charge in [0.15, 0.2) is 0 Å².